The van der Waals surface area contributed by atoms with Gasteiger partial charge in [0.2, 0.25) is 11.8 Å². The summed E-state index contributed by atoms with van der Waals surface area (Å²) in [5.74, 6) is -0.172. The van der Waals surface area contributed by atoms with Crippen molar-refractivity contribution in [3.63, 3.8) is 0 Å². The second-order valence-corrected chi connectivity index (χ2v) is 6.17. The second kappa shape index (κ2) is 8.31. The molecule has 2 amide bonds. The molecule has 0 aliphatic carbocycles. The zero-order chi connectivity index (χ0) is 16.3. The van der Waals surface area contributed by atoms with E-state index >= 15 is 0 Å². The first-order valence-corrected chi connectivity index (χ1v) is 7.74. The lowest BCUT2D eigenvalue weighted by molar-refractivity contribution is -0.134. The number of aryl methyl sites for hydroxylation is 3. The molecule has 128 valence electrons. The van der Waals surface area contributed by atoms with Crippen molar-refractivity contribution in [3.05, 3.63) is 28.8 Å². The van der Waals surface area contributed by atoms with Crippen molar-refractivity contribution < 1.29 is 9.59 Å². The van der Waals surface area contributed by atoms with Gasteiger partial charge in [0.1, 0.15) is 0 Å². The van der Waals surface area contributed by atoms with E-state index in [9.17, 15) is 9.59 Å². The van der Waals surface area contributed by atoms with Gasteiger partial charge in [-0.15, -0.1) is 12.4 Å². The number of amides is 2. The smallest absolute Gasteiger partial charge is 0.243 e. The fraction of sp³-hybridized carbons (Fsp3) is 0.529. The molecule has 1 aliphatic rings. The van der Waals surface area contributed by atoms with Gasteiger partial charge in [0.15, 0.2) is 0 Å². The van der Waals surface area contributed by atoms with Crippen LogP contribution in [-0.4, -0.2) is 42.9 Å². The van der Waals surface area contributed by atoms with Crippen LogP contribution in [0.15, 0.2) is 12.1 Å². The summed E-state index contributed by atoms with van der Waals surface area (Å²) < 4.78 is 0. The lowest BCUT2D eigenvalue weighted by Crippen LogP contribution is -2.44. The van der Waals surface area contributed by atoms with Gasteiger partial charge in [-0.2, -0.15) is 0 Å². The van der Waals surface area contributed by atoms with Crippen LogP contribution >= 0.6 is 12.4 Å². The van der Waals surface area contributed by atoms with Crippen LogP contribution in [0.2, 0.25) is 0 Å². The summed E-state index contributed by atoms with van der Waals surface area (Å²) in [5.41, 5.74) is 4.10. The largest absolute Gasteiger partial charge is 0.335 e. The summed E-state index contributed by atoms with van der Waals surface area (Å²) in [6.45, 7) is 6.94. The molecular weight excluding hydrogens is 314 g/mol. The van der Waals surface area contributed by atoms with Gasteiger partial charge in [0.25, 0.3) is 0 Å². The van der Waals surface area contributed by atoms with Crippen molar-refractivity contribution >= 4 is 29.9 Å². The number of benzene rings is 1. The van der Waals surface area contributed by atoms with E-state index in [0.717, 1.165) is 36.2 Å². The van der Waals surface area contributed by atoms with Crippen LogP contribution in [0.3, 0.4) is 0 Å². The molecule has 23 heavy (non-hydrogen) atoms. The number of nitrogens with one attached hydrogen (secondary N) is 2. The van der Waals surface area contributed by atoms with Gasteiger partial charge in [0.05, 0.1) is 12.6 Å². The number of nitrogens with zero attached hydrogens (tertiary/aromatic N) is 1. The molecule has 1 fully saturated rings. The Morgan fingerprint density at radius 2 is 1.87 bits per heavy atom. The lowest BCUT2D eigenvalue weighted by Gasteiger charge is -2.21. The van der Waals surface area contributed by atoms with Gasteiger partial charge in [-0.05, 0) is 51.3 Å². The molecule has 0 saturated carbocycles. The van der Waals surface area contributed by atoms with Crippen molar-refractivity contribution in [2.24, 2.45) is 0 Å². The topological polar surface area (TPSA) is 61.4 Å². The number of likely N-dealkylation sites (N-methyl/N-ethyl adjacent to an activating group) is 1. The summed E-state index contributed by atoms with van der Waals surface area (Å²) in [5, 5.41) is 6.09. The molecular formula is C17H26ClN3O2. The van der Waals surface area contributed by atoms with E-state index in [1.54, 1.807) is 7.05 Å². The van der Waals surface area contributed by atoms with Crippen molar-refractivity contribution in [2.75, 3.05) is 25.5 Å². The molecule has 0 aromatic heterocycles. The average Bonchev–Trinajstić information content (AvgIpc) is 2.95. The highest BCUT2D eigenvalue weighted by Gasteiger charge is 2.26. The predicted octanol–water partition coefficient (Wildman–Crippen LogP) is 2.18. The molecule has 1 aromatic carbocycles. The van der Waals surface area contributed by atoms with Crippen LogP contribution in [0.5, 0.6) is 0 Å². The fourth-order valence-corrected chi connectivity index (χ4v) is 3.01. The van der Waals surface area contributed by atoms with E-state index < -0.39 is 0 Å². The van der Waals surface area contributed by atoms with Crippen LogP contribution in [0, 0.1) is 20.8 Å². The Bertz CT molecular complexity index is 560. The molecule has 1 heterocycles. The summed E-state index contributed by atoms with van der Waals surface area (Å²) in [4.78, 5) is 25.9. The molecule has 2 N–H and O–H groups in total. The molecule has 1 atom stereocenters. The Kier molecular flexibility index (Phi) is 7.03. The van der Waals surface area contributed by atoms with Gasteiger partial charge >= 0.3 is 0 Å². The fourth-order valence-electron chi connectivity index (χ4n) is 3.01. The highest BCUT2D eigenvalue weighted by molar-refractivity contribution is 5.96. The molecule has 2 rings (SSSR count). The maximum Gasteiger partial charge on any atom is 0.243 e. The Morgan fingerprint density at radius 1 is 1.26 bits per heavy atom. The minimum absolute atomic E-state index is 0. The van der Waals surface area contributed by atoms with Crippen LogP contribution in [-0.2, 0) is 9.59 Å². The maximum absolute atomic E-state index is 12.2. The summed E-state index contributed by atoms with van der Waals surface area (Å²) in [7, 11) is 1.68. The lowest BCUT2D eigenvalue weighted by atomic mass is 10.1. The number of anilines is 1. The van der Waals surface area contributed by atoms with Gasteiger partial charge in [-0.25, -0.2) is 0 Å². The van der Waals surface area contributed by atoms with E-state index in [0.29, 0.717) is 0 Å². The molecule has 5 nitrogen and oxygen atoms in total. The first-order chi connectivity index (χ1) is 10.4. The van der Waals surface area contributed by atoms with E-state index in [4.69, 9.17) is 0 Å². The number of hydrogen-bond acceptors (Lipinski definition) is 3. The number of rotatable bonds is 4. The zero-order valence-corrected chi connectivity index (χ0v) is 15.0. The summed E-state index contributed by atoms with van der Waals surface area (Å²) in [6.07, 6.45) is 1.86. The Balaban J connectivity index is 0.00000264. The van der Waals surface area contributed by atoms with E-state index in [1.165, 1.54) is 10.5 Å². The van der Waals surface area contributed by atoms with E-state index in [1.807, 2.05) is 32.9 Å². The quantitative estimate of drug-likeness (QED) is 0.884. The molecule has 0 spiro atoms. The Morgan fingerprint density at radius 3 is 2.39 bits per heavy atom. The van der Waals surface area contributed by atoms with Gasteiger partial charge in [0, 0.05) is 12.7 Å². The maximum atomic E-state index is 12.2. The molecule has 1 aromatic rings. The Hall–Kier alpha value is -1.59. The minimum Gasteiger partial charge on any atom is -0.335 e. The van der Waals surface area contributed by atoms with Crippen molar-refractivity contribution in [3.8, 4) is 0 Å². The number of hydrogen-bond donors (Lipinski definition) is 2. The molecule has 1 aliphatic heterocycles. The molecule has 6 heteroatoms. The average molecular weight is 340 g/mol. The third-order valence-corrected chi connectivity index (χ3v) is 4.06. The van der Waals surface area contributed by atoms with E-state index in [2.05, 4.69) is 10.6 Å². The first kappa shape index (κ1) is 19.5. The van der Waals surface area contributed by atoms with Crippen LogP contribution in [0.1, 0.15) is 29.5 Å². The highest BCUT2D eigenvalue weighted by Crippen LogP contribution is 2.21. The van der Waals surface area contributed by atoms with Crippen LogP contribution < -0.4 is 10.6 Å². The molecule has 1 saturated heterocycles. The number of halogens is 1. The van der Waals surface area contributed by atoms with Gasteiger partial charge in [-0.1, -0.05) is 17.7 Å². The highest BCUT2D eigenvalue weighted by atomic mass is 35.5. The minimum atomic E-state index is -0.163. The summed E-state index contributed by atoms with van der Waals surface area (Å²) >= 11 is 0. The number of carbonyl (C=O) groups is 2. The van der Waals surface area contributed by atoms with Crippen molar-refractivity contribution in [2.45, 2.75) is 39.7 Å². The van der Waals surface area contributed by atoms with Crippen molar-refractivity contribution in [1.82, 2.24) is 10.2 Å². The van der Waals surface area contributed by atoms with Gasteiger partial charge < -0.3 is 15.5 Å². The van der Waals surface area contributed by atoms with Crippen LogP contribution in [0.4, 0.5) is 5.69 Å². The monoisotopic (exact) mass is 339 g/mol. The second-order valence-electron chi connectivity index (χ2n) is 6.17. The standard InChI is InChI=1S/C17H25N3O2.ClH/c1-11-8-12(2)16(13(3)9-11)19-15(21)10-20(4)17(22)14-6-5-7-18-14;/h8-9,14,18H,5-7,10H2,1-4H3,(H,19,21);1H. The third kappa shape index (κ3) is 4.94. The predicted molar refractivity (Wildman–Crippen MR) is 95.2 cm³/mol. The normalized spacial score (nSPS) is 16.6. The zero-order valence-electron chi connectivity index (χ0n) is 14.2. The SMILES string of the molecule is Cc1cc(C)c(NC(=O)CN(C)C(=O)C2CCCN2)c(C)c1.Cl. The number of carbonyl (C=O) groups excluding carboxylic acids is 2. The summed E-state index contributed by atoms with van der Waals surface area (Å²) in [6, 6.07) is 3.94. The Labute approximate surface area is 144 Å². The molecule has 0 radical (unpaired) electrons. The first-order valence-electron chi connectivity index (χ1n) is 7.74. The van der Waals surface area contributed by atoms with Gasteiger partial charge in [-0.3, -0.25) is 9.59 Å². The molecule has 0 bridgehead atoms. The van der Waals surface area contributed by atoms with Crippen LogP contribution in [0.25, 0.3) is 0 Å². The van der Waals surface area contributed by atoms with Crippen molar-refractivity contribution in [1.29, 1.82) is 0 Å². The molecule has 1 unspecified atom stereocenters. The third-order valence-electron chi connectivity index (χ3n) is 4.06. The van der Waals surface area contributed by atoms with E-state index in [-0.39, 0.29) is 36.8 Å².